The van der Waals surface area contributed by atoms with E-state index >= 15 is 0 Å². The third-order valence-electron chi connectivity index (χ3n) is 6.22. The number of para-hydroxylation sites is 1. The second-order valence-corrected chi connectivity index (χ2v) is 9.38. The molecule has 1 saturated heterocycles. The summed E-state index contributed by atoms with van der Waals surface area (Å²) in [5.41, 5.74) is -0.744. The molecule has 39 heavy (non-hydrogen) atoms. The van der Waals surface area contributed by atoms with Gasteiger partial charge in [0.15, 0.2) is 18.0 Å². The smallest absolute Gasteiger partial charge is 0.355 e. The van der Waals surface area contributed by atoms with Gasteiger partial charge in [-0.05, 0) is 45.4 Å². The molecule has 206 valence electrons. The molecule has 0 bridgehead atoms. The first kappa shape index (κ1) is 28.9. The number of aromatic hydroxyl groups is 1. The lowest BCUT2D eigenvalue weighted by Crippen LogP contribution is -2.42. The second-order valence-electron chi connectivity index (χ2n) is 9.38. The van der Waals surface area contributed by atoms with Gasteiger partial charge in [-0.15, -0.1) is 0 Å². The van der Waals surface area contributed by atoms with E-state index in [0.717, 1.165) is 5.56 Å². The van der Waals surface area contributed by atoms with E-state index < -0.39 is 53.3 Å². The van der Waals surface area contributed by atoms with Gasteiger partial charge in [0.05, 0.1) is 11.3 Å². The van der Waals surface area contributed by atoms with Crippen molar-refractivity contribution < 1.29 is 43.3 Å². The molecule has 0 radical (unpaired) electrons. The molecule has 3 atom stereocenters. The van der Waals surface area contributed by atoms with Crippen LogP contribution in [0.25, 0.3) is 0 Å². The molecule has 2 aromatic rings. The van der Waals surface area contributed by atoms with Crippen LogP contribution in [-0.2, 0) is 39.8 Å². The molecule has 0 aromatic heterocycles. The Morgan fingerprint density at radius 1 is 1.13 bits per heavy atom. The van der Waals surface area contributed by atoms with E-state index in [-0.39, 0.29) is 16.9 Å². The van der Waals surface area contributed by atoms with E-state index in [1.54, 1.807) is 13.8 Å². The minimum absolute atomic E-state index is 0.00138. The van der Waals surface area contributed by atoms with E-state index in [0.29, 0.717) is 12.8 Å². The first-order chi connectivity index (χ1) is 18.5. The zero-order valence-electron chi connectivity index (χ0n) is 21.9. The largest absolute Gasteiger partial charge is 0.505 e. The van der Waals surface area contributed by atoms with Crippen molar-refractivity contribution in [3.05, 3.63) is 71.4 Å². The highest BCUT2D eigenvalue weighted by Crippen LogP contribution is 2.37. The van der Waals surface area contributed by atoms with Crippen LogP contribution in [0.2, 0.25) is 0 Å². The summed E-state index contributed by atoms with van der Waals surface area (Å²) in [5, 5.41) is 14.8. The Hall–Kier alpha value is -4.67. The average Bonchev–Trinajstić information content (AvgIpc) is 3.11. The van der Waals surface area contributed by atoms with Gasteiger partial charge in [0, 0.05) is 6.42 Å². The third-order valence-corrected chi connectivity index (χ3v) is 6.22. The van der Waals surface area contributed by atoms with E-state index in [4.69, 9.17) is 14.2 Å². The monoisotopic (exact) mass is 538 g/mol. The summed E-state index contributed by atoms with van der Waals surface area (Å²) in [6.45, 7) is 5.98. The summed E-state index contributed by atoms with van der Waals surface area (Å²) in [6.07, 6.45) is -1.13. The van der Waals surface area contributed by atoms with Crippen molar-refractivity contribution in [3.8, 4) is 5.75 Å². The normalized spacial score (nSPS) is 18.9. The molecule has 0 aliphatic carbocycles. The Labute approximate surface area is 225 Å². The van der Waals surface area contributed by atoms with Crippen LogP contribution in [0, 0.1) is 5.41 Å². The number of allylic oxidation sites excluding steroid dienone is 1. The van der Waals surface area contributed by atoms with E-state index in [1.807, 2.05) is 30.3 Å². The third kappa shape index (κ3) is 6.61. The van der Waals surface area contributed by atoms with E-state index in [1.165, 1.54) is 38.1 Å². The molecule has 1 unspecified atom stereocenters. The number of rotatable bonds is 10. The fourth-order valence-corrected chi connectivity index (χ4v) is 3.98. The second kappa shape index (κ2) is 12.2. The molecule has 11 heteroatoms. The summed E-state index contributed by atoms with van der Waals surface area (Å²) >= 11 is 0. The number of esters is 3. The Morgan fingerprint density at radius 2 is 1.82 bits per heavy atom. The highest BCUT2D eigenvalue weighted by atomic mass is 16.6. The zero-order valence-corrected chi connectivity index (χ0v) is 21.9. The summed E-state index contributed by atoms with van der Waals surface area (Å²) in [5.74, 6) is -3.79. The van der Waals surface area contributed by atoms with Crippen LogP contribution in [0.5, 0.6) is 5.75 Å². The minimum Gasteiger partial charge on any atom is -0.505 e. The van der Waals surface area contributed by atoms with Crippen LogP contribution in [0.3, 0.4) is 0 Å². The zero-order chi connectivity index (χ0) is 28.7. The first-order valence-electron chi connectivity index (χ1n) is 12.2. The Kier molecular flexibility index (Phi) is 9.08. The fraction of sp³-hybridized carbons (Fsp3) is 0.321. The predicted molar refractivity (Wildman–Crippen MR) is 138 cm³/mol. The number of hydrogen-bond donors (Lipinski definition) is 3. The van der Waals surface area contributed by atoms with Gasteiger partial charge in [0.1, 0.15) is 17.2 Å². The van der Waals surface area contributed by atoms with Gasteiger partial charge >= 0.3 is 17.9 Å². The van der Waals surface area contributed by atoms with Crippen molar-refractivity contribution in [2.24, 2.45) is 5.41 Å². The lowest BCUT2D eigenvalue weighted by molar-refractivity contribution is -0.173. The molecular weight excluding hydrogens is 508 g/mol. The molecule has 3 rings (SSSR count). The van der Waals surface area contributed by atoms with Crippen molar-refractivity contribution in [1.29, 1.82) is 0 Å². The van der Waals surface area contributed by atoms with Crippen LogP contribution in [0.4, 0.5) is 5.69 Å². The number of carbonyl (C=O) groups excluding carboxylic acids is 5. The molecular formula is C28H30N2O9. The summed E-state index contributed by atoms with van der Waals surface area (Å²) in [7, 11) is 0. The highest BCUT2D eigenvalue weighted by Gasteiger charge is 2.54. The number of cyclic esters (lactones) is 1. The summed E-state index contributed by atoms with van der Waals surface area (Å²) < 4.78 is 16.3. The molecule has 11 nitrogen and oxygen atoms in total. The highest BCUT2D eigenvalue weighted by molar-refractivity contribution is 6.04. The van der Waals surface area contributed by atoms with Gasteiger partial charge in [-0.3, -0.25) is 14.4 Å². The molecule has 0 spiro atoms. The van der Waals surface area contributed by atoms with Crippen LogP contribution in [-0.4, -0.2) is 53.6 Å². The molecule has 2 aromatic carbocycles. The van der Waals surface area contributed by atoms with Crippen LogP contribution in [0.15, 0.2) is 60.3 Å². The number of benzene rings is 2. The molecule has 1 aliphatic rings. The van der Waals surface area contributed by atoms with Crippen molar-refractivity contribution in [1.82, 2.24) is 5.32 Å². The summed E-state index contributed by atoms with van der Waals surface area (Å²) in [6, 6.07) is 13.4. The molecule has 2 amide bonds. The minimum atomic E-state index is -1.39. The van der Waals surface area contributed by atoms with E-state index in [9.17, 15) is 29.1 Å². The van der Waals surface area contributed by atoms with Crippen LogP contribution in [0.1, 0.15) is 43.6 Å². The van der Waals surface area contributed by atoms with Gasteiger partial charge in [-0.25, -0.2) is 9.59 Å². The van der Waals surface area contributed by atoms with Crippen molar-refractivity contribution in [2.75, 3.05) is 5.32 Å². The number of carbonyl (C=O) groups is 5. The van der Waals surface area contributed by atoms with Gasteiger partial charge in [0.25, 0.3) is 5.91 Å². The van der Waals surface area contributed by atoms with Gasteiger partial charge in [-0.2, -0.15) is 0 Å². The van der Waals surface area contributed by atoms with Crippen molar-refractivity contribution in [2.45, 2.75) is 52.4 Å². The number of phenolic OH excluding ortho intramolecular Hbond substituents is 1. The van der Waals surface area contributed by atoms with Crippen LogP contribution < -0.4 is 10.6 Å². The molecule has 1 aliphatic heterocycles. The SMILES string of the molecule is C/C=C(\NC(=O)c1cccc(NC=O)c1O)C(=O)OC(C)C(=O)O[C@H]1[C@@H](Cc2ccccc2)OC(=O)C1(C)C. The quantitative estimate of drug-likeness (QED) is 0.136. The maximum Gasteiger partial charge on any atom is 0.355 e. The molecule has 1 heterocycles. The van der Waals surface area contributed by atoms with E-state index in [2.05, 4.69) is 10.6 Å². The van der Waals surface area contributed by atoms with Crippen molar-refractivity contribution in [3.63, 3.8) is 0 Å². The fourth-order valence-electron chi connectivity index (χ4n) is 3.98. The average molecular weight is 539 g/mol. The van der Waals surface area contributed by atoms with Crippen molar-refractivity contribution >= 4 is 35.9 Å². The molecule has 1 fully saturated rings. The van der Waals surface area contributed by atoms with Gasteiger partial charge < -0.3 is 30.0 Å². The number of hydrogen-bond acceptors (Lipinski definition) is 9. The van der Waals surface area contributed by atoms with Gasteiger partial charge in [-0.1, -0.05) is 42.5 Å². The Balaban J connectivity index is 1.66. The predicted octanol–water partition coefficient (Wildman–Crippen LogP) is 2.63. The number of ether oxygens (including phenoxy) is 3. The summed E-state index contributed by atoms with van der Waals surface area (Å²) in [4.78, 5) is 61.4. The number of anilines is 1. The lowest BCUT2D eigenvalue weighted by atomic mass is 9.85. The topological polar surface area (TPSA) is 157 Å². The maximum atomic E-state index is 12.9. The molecule has 0 saturated carbocycles. The molecule has 3 N–H and O–H groups in total. The lowest BCUT2D eigenvalue weighted by Gasteiger charge is -2.26. The van der Waals surface area contributed by atoms with Gasteiger partial charge in [0.2, 0.25) is 6.41 Å². The van der Waals surface area contributed by atoms with Crippen LogP contribution >= 0.6 is 0 Å². The Morgan fingerprint density at radius 3 is 2.46 bits per heavy atom. The first-order valence-corrected chi connectivity index (χ1v) is 12.2. The number of amides is 2. The number of nitrogens with one attached hydrogen (secondary N) is 2. The maximum absolute atomic E-state index is 12.9. The standard InChI is InChI=1S/C28H30N2O9/c1-5-19(30-24(33)18-12-9-13-20(22(18)32)29-15-31)26(35)37-16(2)25(34)39-23-21(38-27(36)28(23,3)4)14-17-10-7-6-8-11-17/h5-13,15-16,21,23,32H,14H2,1-4H3,(H,29,31)(H,30,33)/b19-5-/t16?,21-,23+/m1/s1. The number of phenols is 1. The Bertz CT molecular complexity index is 1290.